The van der Waals surface area contributed by atoms with Crippen LogP contribution in [0.3, 0.4) is 0 Å². The third-order valence-corrected chi connectivity index (χ3v) is 5.29. The van der Waals surface area contributed by atoms with Gasteiger partial charge in [-0.25, -0.2) is 13.8 Å². The highest BCUT2D eigenvalue weighted by atomic mass is 19.4. The monoisotopic (exact) mass is 475 g/mol. The van der Waals surface area contributed by atoms with E-state index in [1.54, 1.807) is 0 Å². The van der Waals surface area contributed by atoms with Gasteiger partial charge in [0.1, 0.15) is 23.3 Å². The maximum absolute atomic E-state index is 14.6. The standard InChI is InChI=1S/C21H16F7N3O2/c22-14-8-13(20(24,25)21(26,27)28)15(23)7-12(14)11-5-16(30-18(32)9-1-2-9)29-17(6-11)31-19(33)10-3-4-10/h5-10H,1-4H2,(H2,29,30,31,32,33). The predicted octanol–water partition coefficient (Wildman–Crippen LogP) is 5.38. The summed E-state index contributed by atoms with van der Waals surface area (Å²) in [5, 5.41) is 4.95. The Balaban J connectivity index is 1.74. The van der Waals surface area contributed by atoms with Gasteiger partial charge >= 0.3 is 12.1 Å². The van der Waals surface area contributed by atoms with E-state index in [-0.39, 0.29) is 53.0 Å². The van der Waals surface area contributed by atoms with E-state index in [4.69, 9.17) is 0 Å². The molecule has 2 N–H and O–H groups in total. The van der Waals surface area contributed by atoms with E-state index >= 15 is 0 Å². The number of hydrogen-bond acceptors (Lipinski definition) is 3. The molecule has 0 aliphatic heterocycles. The number of alkyl halides is 5. The zero-order chi connectivity index (χ0) is 24.1. The van der Waals surface area contributed by atoms with Gasteiger partial charge in [0.15, 0.2) is 0 Å². The molecule has 2 aliphatic carbocycles. The summed E-state index contributed by atoms with van der Waals surface area (Å²) in [6.45, 7) is 0. The number of aromatic nitrogens is 1. The van der Waals surface area contributed by atoms with Gasteiger partial charge in [-0.2, -0.15) is 22.0 Å². The fraction of sp³-hybridized carbons (Fsp3) is 0.381. The number of carbonyl (C=O) groups excluding carboxylic acids is 2. The molecule has 12 heteroatoms. The van der Waals surface area contributed by atoms with Crippen LogP contribution in [0.15, 0.2) is 24.3 Å². The van der Waals surface area contributed by atoms with Crippen LogP contribution in [-0.2, 0) is 15.5 Å². The molecule has 33 heavy (non-hydrogen) atoms. The Morgan fingerprint density at radius 1 is 0.788 bits per heavy atom. The van der Waals surface area contributed by atoms with Gasteiger partial charge in [-0.05, 0) is 55.5 Å². The minimum atomic E-state index is -6.13. The SMILES string of the molecule is O=C(Nc1cc(-c2cc(F)c(C(F)(F)C(F)(F)F)cc2F)cc(NC(=O)C2CC2)n1)C1CC1. The normalized spacial score (nSPS) is 16.5. The molecule has 0 saturated heterocycles. The summed E-state index contributed by atoms with van der Waals surface area (Å²) < 4.78 is 93.9. The molecule has 0 unspecified atom stereocenters. The lowest BCUT2D eigenvalue weighted by molar-refractivity contribution is -0.290. The lowest BCUT2D eigenvalue weighted by Crippen LogP contribution is -2.34. The van der Waals surface area contributed by atoms with Crippen molar-refractivity contribution in [2.24, 2.45) is 11.8 Å². The molecular weight excluding hydrogens is 459 g/mol. The van der Waals surface area contributed by atoms with Crippen molar-refractivity contribution in [3.05, 3.63) is 41.5 Å². The summed E-state index contributed by atoms with van der Waals surface area (Å²) in [6, 6.07) is 2.20. The smallest absolute Gasteiger partial charge is 0.310 e. The van der Waals surface area contributed by atoms with Crippen LogP contribution in [0, 0.1) is 23.5 Å². The Morgan fingerprint density at radius 3 is 1.70 bits per heavy atom. The Labute approximate surface area is 182 Å². The van der Waals surface area contributed by atoms with E-state index in [1.165, 1.54) is 0 Å². The third kappa shape index (κ3) is 4.79. The third-order valence-electron chi connectivity index (χ3n) is 5.29. The maximum atomic E-state index is 14.6. The van der Waals surface area contributed by atoms with Gasteiger partial charge < -0.3 is 10.6 Å². The van der Waals surface area contributed by atoms with Crippen LogP contribution in [-0.4, -0.2) is 23.0 Å². The number of anilines is 2. The number of carbonyl (C=O) groups is 2. The summed E-state index contributed by atoms with van der Waals surface area (Å²) in [4.78, 5) is 28.2. The fourth-order valence-corrected chi connectivity index (χ4v) is 3.12. The van der Waals surface area contributed by atoms with Crippen molar-refractivity contribution in [1.82, 2.24) is 4.98 Å². The Hall–Kier alpha value is -3.18. The average molecular weight is 475 g/mol. The number of amides is 2. The molecule has 1 aromatic heterocycles. The van der Waals surface area contributed by atoms with Crippen LogP contribution in [0.2, 0.25) is 0 Å². The number of hydrogen-bond donors (Lipinski definition) is 2. The van der Waals surface area contributed by atoms with Crippen molar-refractivity contribution in [2.45, 2.75) is 37.8 Å². The average Bonchev–Trinajstić information content (AvgIpc) is 3.61. The van der Waals surface area contributed by atoms with Crippen molar-refractivity contribution in [1.29, 1.82) is 0 Å². The number of halogens is 7. The second-order valence-electron chi connectivity index (χ2n) is 8.04. The molecule has 0 radical (unpaired) electrons. The zero-order valence-corrected chi connectivity index (χ0v) is 16.7. The molecular formula is C21H16F7N3O2. The van der Waals surface area contributed by atoms with Crippen molar-refractivity contribution in [3.63, 3.8) is 0 Å². The van der Waals surface area contributed by atoms with Crippen LogP contribution in [0.25, 0.3) is 11.1 Å². The summed E-state index contributed by atoms with van der Waals surface area (Å²) in [7, 11) is 0. The van der Waals surface area contributed by atoms with E-state index in [9.17, 15) is 40.3 Å². The largest absolute Gasteiger partial charge is 0.458 e. The molecule has 4 rings (SSSR count). The second-order valence-corrected chi connectivity index (χ2v) is 8.04. The lowest BCUT2D eigenvalue weighted by Gasteiger charge is -2.21. The van der Waals surface area contributed by atoms with Crippen molar-refractivity contribution >= 4 is 23.5 Å². The van der Waals surface area contributed by atoms with Crippen LogP contribution in [0.1, 0.15) is 31.2 Å². The van der Waals surface area contributed by atoms with Crippen molar-refractivity contribution in [3.8, 4) is 11.1 Å². The van der Waals surface area contributed by atoms with Gasteiger partial charge in [-0.1, -0.05) is 0 Å². The van der Waals surface area contributed by atoms with Gasteiger partial charge in [-0.3, -0.25) is 9.59 Å². The molecule has 0 spiro atoms. The Kier molecular flexibility index (Phi) is 5.57. The first-order valence-corrected chi connectivity index (χ1v) is 9.95. The number of nitrogens with one attached hydrogen (secondary N) is 2. The molecule has 2 saturated carbocycles. The Morgan fingerprint density at radius 2 is 1.27 bits per heavy atom. The van der Waals surface area contributed by atoms with Gasteiger partial charge in [0.05, 0.1) is 5.56 Å². The van der Waals surface area contributed by atoms with Crippen LogP contribution < -0.4 is 10.6 Å². The summed E-state index contributed by atoms with van der Waals surface area (Å²) in [5.41, 5.74) is -3.00. The van der Waals surface area contributed by atoms with Crippen molar-refractivity contribution in [2.75, 3.05) is 10.6 Å². The van der Waals surface area contributed by atoms with Gasteiger partial charge in [0, 0.05) is 17.4 Å². The van der Waals surface area contributed by atoms with Crippen molar-refractivity contribution < 1.29 is 40.3 Å². The lowest BCUT2D eigenvalue weighted by atomic mass is 9.99. The molecule has 2 amide bonds. The highest BCUT2D eigenvalue weighted by Crippen LogP contribution is 2.46. The molecule has 1 heterocycles. The summed E-state index contributed by atoms with van der Waals surface area (Å²) >= 11 is 0. The van der Waals surface area contributed by atoms with Gasteiger partial charge in [0.2, 0.25) is 11.8 Å². The molecule has 176 valence electrons. The molecule has 5 nitrogen and oxygen atoms in total. The topological polar surface area (TPSA) is 71.1 Å². The number of nitrogens with zero attached hydrogens (tertiary/aromatic N) is 1. The van der Waals surface area contributed by atoms with Crippen LogP contribution in [0.4, 0.5) is 42.4 Å². The Bertz CT molecular complexity index is 1080. The highest BCUT2D eigenvalue weighted by molar-refractivity contribution is 5.96. The minimum absolute atomic E-state index is 0.125. The summed E-state index contributed by atoms with van der Waals surface area (Å²) in [6.07, 6.45) is -3.49. The van der Waals surface area contributed by atoms with Gasteiger partial charge in [-0.15, -0.1) is 0 Å². The second kappa shape index (κ2) is 7.99. The molecule has 2 aliphatic rings. The van der Waals surface area contributed by atoms with E-state index in [0.717, 1.165) is 12.1 Å². The maximum Gasteiger partial charge on any atom is 0.458 e. The van der Waals surface area contributed by atoms with E-state index in [0.29, 0.717) is 25.7 Å². The summed E-state index contributed by atoms with van der Waals surface area (Å²) in [5.74, 6) is -10.6. The molecule has 2 fully saturated rings. The number of benzene rings is 1. The molecule has 2 aromatic rings. The molecule has 1 aromatic carbocycles. The first kappa shape index (κ1) is 23.0. The first-order valence-electron chi connectivity index (χ1n) is 9.95. The number of pyridine rings is 1. The van der Waals surface area contributed by atoms with E-state index in [1.807, 2.05) is 0 Å². The molecule has 0 bridgehead atoms. The van der Waals surface area contributed by atoms with Crippen LogP contribution >= 0.6 is 0 Å². The van der Waals surface area contributed by atoms with E-state index < -0.39 is 34.9 Å². The number of rotatable bonds is 6. The van der Waals surface area contributed by atoms with Crippen LogP contribution in [0.5, 0.6) is 0 Å². The quantitative estimate of drug-likeness (QED) is 0.552. The molecule has 0 atom stereocenters. The minimum Gasteiger partial charge on any atom is -0.310 e. The predicted molar refractivity (Wildman–Crippen MR) is 102 cm³/mol. The zero-order valence-electron chi connectivity index (χ0n) is 16.7. The fourth-order valence-electron chi connectivity index (χ4n) is 3.12. The van der Waals surface area contributed by atoms with Gasteiger partial charge in [0.25, 0.3) is 0 Å². The highest BCUT2D eigenvalue weighted by Gasteiger charge is 2.60. The van der Waals surface area contributed by atoms with E-state index in [2.05, 4.69) is 15.6 Å². The first-order chi connectivity index (χ1) is 15.4.